The first-order valence-corrected chi connectivity index (χ1v) is 10.9. The number of methoxy groups -OCH3 is 2. The number of benzene rings is 2. The lowest BCUT2D eigenvalue weighted by atomic mass is 9.91. The molecule has 33 heavy (non-hydrogen) atoms. The van der Waals surface area contributed by atoms with Gasteiger partial charge in [-0.2, -0.15) is 5.10 Å². The molecule has 2 heterocycles. The summed E-state index contributed by atoms with van der Waals surface area (Å²) >= 11 is 0. The van der Waals surface area contributed by atoms with Crippen LogP contribution in [-0.4, -0.2) is 43.0 Å². The second-order valence-corrected chi connectivity index (χ2v) is 8.20. The van der Waals surface area contributed by atoms with Gasteiger partial charge in [-0.25, -0.2) is 4.68 Å². The number of nitrogens with zero attached hydrogens (tertiary/aromatic N) is 2. The van der Waals surface area contributed by atoms with Crippen LogP contribution >= 0.6 is 12.4 Å². The SMILES string of the molecule is COc1cc(NC(=O)c2cnn(-c3ccc(C)c(C)c3)c2C2CCNCC2)cc(OC)c1.Cl. The Morgan fingerprint density at radius 1 is 1.03 bits per heavy atom. The molecule has 2 N–H and O–H groups in total. The van der Waals surface area contributed by atoms with Crippen LogP contribution in [0.25, 0.3) is 5.69 Å². The minimum atomic E-state index is -0.191. The van der Waals surface area contributed by atoms with E-state index in [0.717, 1.165) is 37.3 Å². The van der Waals surface area contributed by atoms with E-state index in [1.807, 2.05) is 4.68 Å². The topological polar surface area (TPSA) is 77.4 Å². The van der Waals surface area contributed by atoms with Crippen molar-refractivity contribution in [2.45, 2.75) is 32.6 Å². The molecule has 1 fully saturated rings. The minimum Gasteiger partial charge on any atom is -0.497 e. The Bertz CT molecular complexity index is 1100. The molecule has 0 radical (unpaired) electrons. The molecule has 3 aromatic rings. The van der Waals surface area contributed by atoms with Gasteiger partial charge in [-0.05, 0) is 63.0 Å². The van der Waals surface area contributed by atoms with Crippen molar-refractivity contribution < 1.29 is 14.3 Å². The number of piperidine rings is 1. The highest BCUT2D eigenvalue weighted by molar-refractivity contribution is 6.05. The van der Waals surface area contributed by atoms with Crippen LogP contribution in [0.2, 0.25) is 0 Å². The fraction of sp³-hybridized carbons (Fsp3) is 0.360. The van der Waals surface area contributed by atoms with E-state index in [4.69, 9.17) is 9.47 Å². The molecule has 0 saturated carbocycles. The summed E-state index contributed by atoms with van der Waals surface area (Å²) in [6.45, 7) is 6.04. The number of ether oxygens (including phenoxy) is 2. The zero-order valence-corrected chi connectivity index (χ0v) is 20.3. The largest absolute Gasteiger partial charge is 0.497 e. The Morgan fingerprint density at radius 2 is 1.70 bits per heavy atom. The van der Waals surface area contributed by atoms with Crippen LogP contribution in [0.15, 0.2) is 42.6 Å². The summed E-state index contributed by atoms with van der Waals surface area (Å²) in [6, 6.07) is 11.6. The molecule has 7 nitrogen and oxygen atoms in total. The van der Waals surface area contributed by atoms with Crippen LogP contribution in [0.3, 0.4) is 0 Å². The van der Waals surface area contributed by atoms with E-state index in [2.05, 4.69) is 47.8 Å². The highest BCUT2D eigenvalue weighted by atomic mass is 35.5. The Balaban J connectivity index is 0.00000306. The lowest BCUT2D eigenvalue weighted by molar-refractivity contribution is 0.102. The summed E-state index contributed by atoms with van der Waals surface area (Å²) in [5, 5.41) is 11.1. The molecule has 1 saturated heterocycles. The van der Waals surface area contributed by atoms with Crippen LogP contribution in [-0.2, 0) is 0 Å². The number of anilines is 1. The molecule has 1 aromatic heterocycles. The number of amides is 1. The first-order chi connectivity index (χ1) is 15.5. The maximum Gasteiger partial charge on any atom is 0.259 e. The first-order valence-electron chi connectivity index (χ1n) is 10.9. The number of halogens is 1. The van der Waals surface area contributed by atoms with Gasteiger partial charge in [-0.1, -0.05) is 6.07 Å². The third kappa shape index (κ3) is 5.31. The molecule has 0 atom stereocenters. The van der Waals surface area contributed by atoms with E-state index in [1.165, 1.54) is 11.1 Å². The molecule has 0 aliphatic carbocycles. The van der Waals surface area contributed by atoms with E-state index in [9.17, 15) is 4.79 Å². The van der Waals surface area contributed by atoms with Gasteiger partial charge < -0.3 is 20.1 Å². The number of hydrogen-bond acceptors (Lipinski definition) is 5. The van der Waals surface area contributed by atoms with Gasteiger partial charge in [0.15, 0.2) is 0 Å². The van der Waals surface area contributed by atoms with Crippen LogP contribution in [0.1, 0.15) is 45.9 Å². The molecule has 176 valence electrons. The van der Waals surface area contributed by atoms with Crippen LogP contribution in [0.4, 0.5) is 5.69 Å². The number of carbonyl (C=O) groups is 1. The van der Waals surface area contributed by atoms with Crippen LogP contribution in [0, 0.1) is 13.8 Å². The summed E-state index contributed by atoms with van der Waals surface area (Å²) in [7, 11) is 3.17. The van der Waals surface area contributed by atoms with Crippen LogP contribution < -0.4 is 20.1 Å². The monoisotopic (exact) mass is 470 g/mol. The number of carbonyl (C=O) groups excluding carboxylic acids is 1. The fourth-order valence-electron chi connectivity index (χ4n) is 4.16. The van der Waals surface area contributed by atoms with Gasteiger partial charge in [-0.3, -0.25) is 4.79 Å². The molecule has 8 heteroatoms. The van der Waals surface area contributed by atoms with E-state index < -0.39 is 0 Å². The van der Waals surface area contributed by atoms with Crippen LogP contribution in [0.5, 0.6) is 11.5 Å². The van der Waals surface area contributed by atoms with Crippen molar-refractivity contribution in [1.29, 1.82) is 0 Å². The first kappa shape index (κ1) is 24.6. The van der Waals surface area contributed by atoms with Gasteiger partial charge >= 0.3 is 0 Å². The highest BCUT2D eigenvalue weighted by Crippen LogP contribution is 2.32. The average Bonchev–Trinajstić information content (AvgIpc) is 3.26. The third-order valence-corrected chi connectivity index (χ3v) is 6.12. The number of rotatable bonds is 6. The zero-order chi connectivity index (χ0) is 22.7. The minimum absolute atomic E-state index is 0. The summed E-state index contributed by atoms with van der Waals surface area (Å²) in [6.07, 6.45) is 3.60. The van der Waals surface area contributed by atoms with Gasteiger partial charge in [-0.15, -0.1) is 12.4 Å². The molecule has 4 rings (SSSR count). The highest BCUT2D eigenvalue weighted by Gasteiger charge is 2.27. The van der Waals surface area contributed by atoms with Gasteiger partial charge in [0.05, 0.1) is 37.4 Å². The fourth-order valence-corrected chi connectivity index (χ4v) is 4.16. The van der Waals surface area contributed by atoms with Gasteiger partial charge in [0, 0.05) is 29.8 Å². The van der Waals surface area contributed by atoms with Crippen molar-refractivity contribution in [3.05, 3.63) is 65.0 Å². The predicted octanol–water partition coefficient (Wildman–Crippen LogP) is 4.65. The number of aromatic nitrogens is 2. The Morgan fingerprint density at radius 3 is 2.30 bits per heavy atom. The second-order valence-electron chi connectivity index (χ2n) is 8.20. The molecule has 0 spiro atoms. The Labute approximate surface area is 200 Å². The van der Waals surface area contributed by atoms with Gasteiger partial charge in [0.2, 0.25) is 0 Å². The third-order valence-electron chi connectivity index (χ3n) is 6.12. The van der Waals surface area contributed by atoms with E-state index in [-0.39, 0.29) is 24.2 Å². The maximum atomic E-state index is 13.4. The van der Waals surface area contributed by atoms with Crippen molar-refractivity contribution in [2.24, 2.45) is 0 Å². The lowest BCUT2D eigenvalue weighted by Gasteiger charge is -2.25. The number of hydrogen-bond donors (Lipinski definition) is 2. The maximum absolute atomic E-state index is 13.4. The number of nitrogens with one attached hydrogen (secondary N) is 2. The van der Waals surface area contributed by atoms with Crippen molar-refractivity contribution in [3.63, 3.8) is 0 Å². The van der Waals surface area contributed by atoms with Gasteiger partial charge in [0.1, 0.15) is 11.5 Å². The smallest absolute Gasteiger partial charge is 0.259 e. The molecule has 2 aromatic carbocycles. The average molecular weight is 471 g/mol. The Kier molecular flexibility index (Phi) is 8.00. The normalized spacial score (nSPS) is 13.8. The quantitative estimate of drug-likeness (QED) is 0.548. The van der Waals surface area contributed by atoms with Crippen molar-refractivity contribution >= 4 is 24.0 Å². The molecule has 0 unspecified atom stereocenters. The van der Waals surface area contributed by atoms with Gasteiger partial charge in [0.25, 0.3) is 5.91 Å². The summed E-state index contributed by atoms with van der Waals surface area (Å²) in [5.74, 6) is 1.29. The van der Waals surface area contributed by atoms with Crippen molar-refractivity contribution in [2.75, 3.05) is 32.6 Å². The molecule has 1 aliphatic rings. The second kappa shape index (κ2) is 10.7. The number of aryl methyl sites for hydroxylation is 2. The summed E-state index contributed by atoms with van der Waals surface area (Å²) in [5.41, 5.74) is 5.57. The summed E-state index contributed by atoms with van der Waals surface area (Å²) < 4.78 is 12.6. The van der Waals surface area contributed by atoms with Crippen molar-refractivity contribution in [3.8, 4) is 17.2 Å². The predicted molar refractivity (Wildman–Crippen MR) is 133 cm³/mol. The van der Waals surface area contributed by atoms with Crippen molar-refractivity contribution in [1.82, 2.24) is 15.1 Å². The Hall–Kier alpha value is -3.03. The zero-order valence-electron chi connectivity index (χ0n) is 19.5. The van der Waals surface area contributed by atoms with E-state index in [0.29, 0.717) is 22.7 Å². The molecular formula is C25H31ClN4O3. The molecular weight excluding hydrogens is 440 g/mol. The van der Waals surface area contributed by atoms with E-state index in [1.54, 1.807) is 38.6 Å². The molecule has 1 aliphatic heterocycles. The summed E-state index contributed by atoms with van der Waals surface area (Å²) in [4.78, 5) is 13.4. The lowest BCUT2D eigenvalue weighted by Crippen LogP contribution is -2.29. The standard InChI is InChI=1S/C25H30N4O3.ClH/c1-16-5-6-20(11-17(16)2)29-24(18-7-9-26-10-8-18)23(15-27-29)25(30)28-19-12-21(31-3)14-22(13-19)32-4;/h5-6,11-15,18,26H,7-10H2,1-4H3,(H,28,30);1H. The molecule has 1 amide bonds. The molecule has 0 bridgehead atoms. The van der Waals surface area contributed by atoms with E-state index >= 15 is 0 Å².